The Balaban J connectivity index is 1.93. The van der Waals surface area contributed by atoms with Gasteiger partial charge in [-0.25, -0.2) is 0 Å². The first-order valence-corrected chi connectivity index (χ1v) is 6.40. The van der Waals surface area contributed by atoms with Gasteiger partial charge in [0.2, 0.25) is 0 Å². The lowest BCUT2D eigenvalue weighted by molar-refractivity contribution is 0.351. The second-order valence-corrected chi connectivity index (χ2v) is 4.55. The molecule has 98 valence electrons. The van der Waals surface area contributed by atoms with Crippen molar-refractivity contribution in [3.63, 3.8) is 0 Å². The van der Waals surface area contributed by atoms with Gasteiger partial charge in [-0.2, -0.15) is 0 Å². The summed E-state index contributed by atoms with van der Waals surface area (Å²) in [7, 11) is 0. The molecule has 0 aromatic heterocycles. The SMILES string of the molecule is C=C(CN)COc1ccc(Cc2ccccc2)cc1. The molecule has 2 N–H and O–H groups in total. The molecule has 0 heterocycles. The standard InChI is InChI=1S/C17H19NO/c1-14(12-18)13-19-17-9-7-16(8-10-17)11-15-5-3-2-4-6-15/h2-10H,1,11-13,18H2. The highest BCUT2D eigenvalue weighted by atomic mass is 16.5. The molecule has 0 saturated carbocycles. The lowest BCUT2D eigenvalue weighted by atomic mass is 10.1. The number of hydrogen-bond acceptors (Lipinski definition) is 2. The van der Waals surface area contributed by atoms with Crippen LogP contribution in [0.5, 0.6) is 5.75 Å². The number of benzene rings is 2. The van der Waals surface area contributed by atoms with Crippen molar-refractivity contribution < 1.29 is 4.74 Å². The van der Waals surface area contributed by atoms with E-state index in [4.69, 9.17) is 10.5 Å². The summed E-state index contributed by atoms with van der Waals surface area (Å²) < 4.78 is 5.58. The van der Waals surface area contributed by atoms with Crippen LogP contribution in [0.15, 0.2) is 66.7 Å². The Morgan fingerprint density at radius 2 is 1.58 bits per heavy atom. The Morgan fingerprint density at radius 3 is 2.21 bits per heavy atom. The molecule has 0 amide bonds. The van der Waals surface area contributed by atoms with Crippen LogP contribution in [0.3, 0.4) is 0 Å². The highest BCUT2D eigenvalue weighted by Gasteiger charge is 1.98. The normalized spacial score (nSPS) is 10.2. The van der Waals surface area contributed by atoms with Crippen molar-refractivity contribution in [2.24, 2.45) is 5.73 Å². The lowest BCUT2D eigenvalue weighted by Crippen LogP contribution is -2.09. The van der Waals surface area contributed by atoms with Crippen LogP contribution in [0.25, 0.3) is 0 Å². The van der Waals surface area contributed by atoms with Gasteiger partial charge in [0, 0.05) is 6.54 Å². The third-order valence-corrected chi connectivity index (χ3v) is 2.91. The molecule has 2 rings (SSSR count). The molecule has 2 heteroatoms. The first-order valence-electron chi connectivity index (χ1n) is 6.40. The van der Waals surface area contributed by atoms with E-state index in [1.54, 1.807) is 0 Å². The number of ether oxygens (including phenoxy) is 1. The van der Waals surface area contributed by atoms with E-state index in [2.05, 4.69) is 43.0 Å². The van der Waals surface area contributed by atoms with Crippen LogP contribution in [0, 0.1) is 0 Å². The van der Waals surface area contributed by atoms with E-state index in [9.17, 15) is 0 Å². The molecule has 0 atom stereocenters. The molecule has 2 aromatic rings. The molecule has 0 spiro atoms. The van der Waals surface area contributed by atoms with Gasteiger partial charge in [0.1, 0.15) is 12.4 Å². The fourth-order valence-corrected chi connectivity index (χ4v) is 1.78. The van der Waals surface area contributed by atoms with Crippen LogP contribution in [0.4, 0.5) is 0 Å². The highest BCUT2D eigenvalue weighted by Crippen LogP contribution is 2.15. The largest absolute Gasteiger partial charge is 0.489 e. The minimum absolute atomic E-state index is 0.464. The second-order valence-electron chi connectivity index (χ2n) is 4.55. The maximum atomic E-state index is 5.58. The molecule has 0 unspecified atom stereocenters. The fraction of sp³-hybridized carbons (Fsp3) is 0.176. The van der Waals surface area contributed by atoms with E-state index in [0.717, 1.165) is 17.7 Å². The van der Waals surface area contributed by atoms with E-state index in [1.807, 2.05) is 18.2 Å². The molecule has 0 bridgehead atoms. The van der Waals surface area contributed by atoms with Gasteiger partial charge in [-0.1, -0.05) is 49.0 Å². The average Bonchev–Trinajstić information content (AvgIpc) is 2.47. The number of nitrogens with two attached hydrogens (primary N) is 1. The molecule has 0 aliphatic carbocycles. The summed E-state index contributed by atoms with van der Waals surface area (Å²) in [4.78, 5) is 0. The monoisotopic (exact) mass is 253 g/mol. The van der Waals surface area contributed by atoms with Gasteiger partial charge >= 0.3 is 0 Å². The van der Waals surface area contributed by atoms with Crippen molar-refractivity contribution in [2.45, 2.75) is 6.42 Å². The zero-order valence-electron chi connectivity index (χ0n) is 11.0. The zero-order chi connectivity index (χ0) is 13.5. The van der Waals surface area contributed by atoms with Crippen LogP contribution in [0.2, 0.25) is 0 Å². The maximum absolute atomic E-state index is 5.58. The van der Waals surface area contributed by atoms with Crippen LogP contribution < -0.4 is 10.5 Å². The fourth-order valence-electron chi connectivity index (χ4n) is 1.78. The predicted molar refractivity (Wildman–Crippen MR) is 79.4 cm³/mol. The molecule has 0 aliphatic rings. The lowest BCUT2D eigenvalue weighted by Gasteiger charge is -2.08. The molecule has 2 nitrogen and oxygen atoms in total. The van der Waals surface area contributed by atoms with Gasteiger partial charge in [-0.15, -0.1) is 0 Å². The topological polar surface area (TPSA) is 35.2 Å². The quantitative estimate of drug-likeness (QED) is 0.802. The van der Waals surface area contributed by atoms with Crippen molar-refractivity contribution in [3.05, 3.63) is 77.9 Å². The molecular formula is C17H19NO. The molecule has 0 radical (unpaired) electrons. The van der Waals surface area contributed by atoms with E-state index in [1.165, 1.54) is 11.1 Å². The van der Waals surface area contributed by atoms with Gasteiger partial charge in [-0.3, -0.25) is 0 Å². The Bertz CT molecular complexity index is 517. The summed E-state index contributed by atoms with van der Waals surface area (Å²) in [5.41, 5.74) is 8.95. The van der Waals surface area contributed by atoms with Crippen LogP contribution in [-0.2, 0) is 6.42 Å². The Morgan fingerprint density at radius 1 is 0.947 bits per heavy atom. The summed E-state index contributed by atoms with van der Waals surface area (Å²) >= 11 is 0. The molecule has 19 heavy (non-hydrogen) atoms. The first kappa shape index (κ1) is 13.4. The molecule has 0 saturated heterocycles. The molecule has 2 aromatic carbocycles. The van der Waals surface area contributed by atoms with Crippen molar-refractivity contribution in [3.8, 4) is 5.75 Å². The summed E-state index contributed by atoms with van der Waals surface area (Å²) in [6, 6.07) is 18.6. The van der Waals surface area contributed by atoms with Gasteiger partial charge in [0.05, 0.1) is 0 Å². The van der Waals surface area contributed by atoms with Crippen molar-refractivity contribution >= 4 is 0 Å². The summed E-state index contributed by atoms with van der Waals surface area (Å²) in [5, 5.41) is 0. The van der Waals surface area contributed by atoms with Crippen molar-refractivity contribution in [1.82, 2.24) is 0 Å². The van der Waals surface area contributed by atoms with E-state index >= 15 is 0 Å². The van der Waals surface area contributed by atoms with Crippen LogP contribution in [-0.4, -0.2) is 13.2 Å². The van der Waals surface area contributed by atoms with Gasteiger partial charge in [0.15, 0.2) is 0 Å². The Kier molecular flexibility index (Phi) is 4.76. The third-order valence-electron chi connectivity index (χ3n) is 2.91. The number of hydrogen-bond donors (Lipinski definition) is 1. The van der Waals surface area contributed by atoms with Crippen molar-refractivity contribution in [2.75, 3.05) is 13.2 Å². The van der Waals surface area contributed by atoms with E-state index in [0.29, 0.717) is 13.2 Å². The summed E-state index contributed by atoms with van der Waals surface area (Å²) in [6.45, 7) is 4.76. The molecule has 0 aliphatic heterocycles. The number of rotatable bonds is 6. The van der Waals surface area contributed by atoms with Gasteiger partial charge in [-0.05, 0) is 35.3 Å². The third kappa shape index (κ3) is 4.27. The minimum atomic E-state index is 0.464. The second kappa shape index (κ2) is 6.76. The van der Waals surface area contributed by atoms with E-state index < -0.39 is 0 Å². The summed E-state index contributed by atoms with van der Waals surface area (Å²) in [6.07, 6.45) is 0.941. The minimum Gasteiger partial charge on any atom is -0.489 e. The summed E-state index contributed by atoms with van der Waals surface area (Å²) in [5.74, 6) is 0.853. The predicted octanol–water partition coefficient (Wildman–Crippen LogP) is 3.17. The zero-order valence-corrected chi connectivity index (χ0v) is 11.0. The Labute approximate surface area is 114 Å². The Hall–Kier alpha value is -2.06. The smallest absolute Gasteiger partial charge is 0.119 e. The van der Waals surface area contributed by atoms with Crippen LogP contribution in [0.1, 0.15) is 11.1 Å². The van der Waals surface area contributed by atoms with Crippen molar-refractivity contribution in [1.29, 1.82) is 0 Å². The first-order chi connectivity index (χ1) is 9.28. The van der Waals surface area contributed by atoms with Gasteiger partial charge in [0.25, 0.3) is 0 Å². The average molecular weight is 253 g/mol. The maximum Gasteiger partial charge on any atom is 0.119 e. The highest BCUT2D eigenvalue weighted by molar-refractivity contribution is 5.31. The molecular weight excluding hydrogens is 234 g/mol. The molecule has 0 fully saturated rings. The van der Waals surface area contributed by atoms with Gasteiger partial charge < -0.3 is 10.5 Å². The van der Waals surface area contributed by atoms with Crippen LogP contribution >= 0.6 is 0 Å². The van der Waals surface area contributed by atoms with E-state index in [-0.39, 0.29) is 0 Å².